The van der Waals surface area contributed by atoms with E-state index in [1.807, 2.05) is 6.92 Å². The van der Waals surface area contributed by atoms with Crippen LogP contribution >= 0.6 is 7.82 Å². The Morgan fingerprint density at radius 2 is 1.22 bits per heavy atom. The Bertz CT molecular complexity index is 1020. The summed E-state index contributed by atoms with van der Waals surface area (Å²) in [6.45, 7) is 2.40. The van der Waals surface area contributed by atoms with E-state index in [4.69, 9.17) is 24.8 Å². The van der Waals surface area contributed by atoms with Crippen LogP contribution in [0.3, 0.4) is 0 Å². The number of carboxylic acid groups (broad SMARTS) is 1. The molecule has 12 heteroatoms. The van der Waals surface area contributed by atoms with Crippen molar-refractivity contribution < 1.29 is 47.5 Å². The van der Waals surface area contributed by atoms with Crippen molar-refractivity contribution in [2.75, 3.05) is 19.8 Å². The van der Waals surface area contributed by atoms with Gasteiger partial charge in [0.15, 0.2) is 6.10 Å². The molecule has 0 aromatic carbocycles. The average Bonchev–Trinajstić information content (AvgIpc) is 3.02. The first kappa shape index (κ1) is 43.2. The zero-order valence-corrected chi connectivity index (χ0v) is 28.5. The van der Waals surface area contributed by atoms with Crippen LogP contribution in [0.25, 0.3) is 0 Å². The highest BCUT2D eigenvalue weighted by Gasteiger charge is 2.28. The average molecular weight is 670 g/mol. The van der Waals surface area contributed by atoms with Gasteiger partial charge >= 0.3 is 25.7 Å². The van der Waals surface area contributed by atoms with Gasteiger partial charge in [0, 0.05) is 12.8 Å². The Hall–Kier alpha value is -2.82. The molecular formula is C34H56NO10P. The minimum Gasteiger partial charge on any atom is -0.480 e. The lowest BCUT2D eigenvalue weighted by Gasteiger charge is -2.20. The van der Waals surface area contributed by atoms with Gasteiger partial charge in [-0.05, 0) is 57.8 Å². The number of carbonyl (C=O) groups is 3. The quantitative estimate of drug-likeness (QED) is 0.0316. The van der Waals surface area contributed by atoms with Gasteiger partial charge in [0.2, 0.25) is 0 Å². The molecule has 3 unspecified atom stereocenters. The van der Waals surface area contributed by atoms with Crippen molar-refractivity contribution >= 4 is 25.7 Å². The molecule has 0 spiro atoms. The van der Waals surface area contributed by atoms with E-state index in [1.165, 1.54) is 0 Å². The van der Waals surface area contributed by atoms with Crippen molar-refractivity contribution in [3.63, 3.8) is 0 Å². The maximum absolute atomic E-state index is 12.4. The summed E-state index contributed by atoms with van der Waals surface area (Å²) in [6, 6.07) is -1.53. The van der Waals surface area contributed by atoms with Crippen molar-refractivity contribution in [2.45, 2.75) is 116 Å². The standard InChI is InChI=1S/C34H56NO10P/c1-3-5-7-8-9-10-11-12-13-14-15-16-17-18-19-20-21-22-24-26-33(37)45-30(27-42-32(36)25-23-6-4-2)28-43-46(40,41)44-29-31(35)34(38)39/h5,7,9-10,12-13,15-16,18-19,30-31H,3-4,6,8,11,14,17,20-29,35H2,1-2H3,(H,38,39)(H,40,41)/b7-5-,10-9-,13-12-,16-15-,19-18-. The van der Waals surface area contributed by atoms with Gasteiger partial charge in [0.1, 0.15) is 12.6 Å². The van der Waals surface area contributed by atoms with Crippen molar-refractivity contribution in [1.82, 2.24) is 0 Å². The number of unbranched alkanes of at least 4 members (excludes halogenated alkanes) is 5. The molecule has 0 heterocycles. The Morgan fingerprint density at radius 3 is 1.78 bits per heavy atom. The van der Waals surface area contributed by atoms with E-state index in [9.17, 15) is 23.8 Å². The van der Waals surface area contributed by atoms with E-state index in [1.54, 1.807) is 0 Å². The number of carboxylic acids is 1. The summed E-state index contributed by atoms with van der Waals surface area (Å²) in [4.78, 5) is 45.0. The monoisotopic (exact) mass is 669 g/mol. The number of aliphatic carboxylic acids is 1. The molecule has 0 radical (unpaired) electrons. The molecule has 0 aliphatic heterocycles. The van der Waals surface area contributed by atoms with Crippen LogP contribution < -0.4 is 5.73 Å². The van der Waals surface area contributed by atoms with E-state index in [2.05, 4.69) is 72.2 Å². The minimum atomic E-state index is -4.70. The summed E-state index contributed by atoms with van der Waals surface area (Å²) >= 11 is 0. The van der Waals surface area contributed by atoms with Gasteiger partial charge < -0.3 is 25.2 Å². The number of nitrogens with two attached hydrogens (primary N) is 1. The van der Waals surface area contributed by atoms with Crippen LogP contribution in [0.2, 0.25) is 0 Å². The Kier molecular flexibility index (Phi) is 27.8. The largest absolute Gasteiger partial charge is 0.480 e. The molecule has 0 saturated heterocycles. The third-order valence-electron chi connectivity index (χ3n) is 6.28. The number of esters is 2. The zero-order valence-electron chi connectivity index (χ0n) is 27.6. The number of carbonyl (C=O) groups excluding carboxylic acids is 2. The second-order valence-electron chi connectivity index (χ2n) is 10.6. The van der Waals surface area contributed by atoms with Gasteiger partial charge in [-0.25, -0.2) is 4.57 Å². The van der Waals surface area contributed by atoms with Crippen LogP contribution in [0.1, 0.15) is 104 Å². The van der Waals surface area contributed by atoms with Gasteiger partial charge in [-0.15, -0.1) is 0 Å². The van der Waals surface area contributed by atoms with Crippen molar-refractivity contribution in [1.29, 1.82) is 0 Å². The zero-order chi connectivity index (χ0) is 34.3. The Labute approximate surface area is 275 Å². The summed E-state index contributed by atoms with van der Waals surface area (Å²) < 4.78 is 32.1. The van der Waals surface area contributed by atoms with Gasteiger partial charge in [-0.3, -0.25) is 23.4 Å². The third-order valence-corrected chi connectivity index (χ3v) is 7.23. The van der Waals surface area contributed by atoms with Crippen molar-refractivity contribution in [2.24, 2.45) is 5.73 Å². The van der Waals surface area contributed by atoms with E-state index in [0.717, 1.165) is 64.2 Å². The summed E-state index contributed by atoms with van der Waals surface area (Å²) in [5.74, 6) is -2.47. The molecule has 0 amide bonds. The number of allylic oxidation sites excluding steroid dienone is 10. The van der Waals surface area contributed by atoms with Crippen LogP contribution in [0.5, 0.6) is 0 Å². The highest BCUT2D eigenvalue weighted by Crippen LogP contribution is 2.43. The molecule has 4 N–H and O–H groups in total. The fraction of sp³-hybridized carbons (Fsp3) is 0.618. The van der Waals surface area contributed by atoms with Crippen molar-refractivity contribution in [3.8, 4) is 0 Å². The van der Waals surface area contributed by atoms with Gasteiger partial charge in [0.05, 0.1) is 13.2 Å². The normalized spacial score (nSPS) is 14.9. The van der Waals surface area contributed by atoms with Gasteiger partial charge in [0.25, 0.3) is 0 Å². The lowest BCUT2D eigenvalue weighted by Crippen LogP contribution is -2.34. The Morgan fingerprint density at radius 1 is 0.696 bits per heavy atom. The minimum absolute atomic E-state index is 0.118. The first-order valence-electron chi connectivity index (χ1n) is 16.3. The fourth-order valence-electron chi connectivity index (χ4n) is 3.68. The Balaban J connectivity index is 4.38. The molecular weight excluding hydrogens is 613 g/mol. The van der Waals surface area contributed by atoms with Crippen LogP contribution in [-0.4, -0.2) is 59.9 Å². The molecule has 0 rings (SSSR count). The molecule has 0 aromatic rings. The van der Waals surface area contributed by atoms with Crippen LogP contribution in [0, 0.1) is 0 Å². The molecule has 3 atom stereocenters. The third kappa shape index (κ3) is 28.6. The maximum atomic E-state index is 12.4. The molecule has 0 fully saturated rings. The number of rotatable bonds is 29. The molecule has 0 aromatic heterocycles. The molecule has 0 bridgehead atoms. The van der Waals surface area contributed by atoms with Crippen molar-refractivity contribution in [3.05, 3.63) is 60.8 Å². The molecule has 0 saturated carbocycles. The van der Waals surface area contributed by atoms with Crippen LogP contribution in [0.4, 0.5) is 0 Å². The topological polar surface area (TPSA) is 172 Å². The highest BCUT2D eigenvalue weighted by molar-refractivity contribution is 7.47. The summed E-state index contributed by atoms with van der Waals surface area (Å²) in [6.07, 6.45) is 31.1. The highest BCUT2D eigenvalue weighted by atomic mass is 31.2. The second-order valence-corrected chi connectivity index (χ2v) is 12.0. The first-order chi connectivity index (χ1) is 22.1. The molecule has 0 aliphatic carbocycles. The number of phosphoric acid groups is 1. The molecule has 46 heavy (non-hydrogen) atoms. The molecule has 262 valence electrons. The van der Waals surface area contributed by atoms with E-state index >= 15 is 0 Å². The number of phosphoric ester groups is 1. The summed E-state index contributed by atoms with van der Waals surface area (Å²) in [7, 11) is -4.70. The van der Waals surface area contributed by atoms with E-state index < -0.39 is 51.1 Å². The van der Waals surface area contributed by atoms with Crippen LogP contribution in [-0.2, 0) is 37.5 Å². The lowest BCUT2D eigenvalue weighted by atomic mass is 10.1. The molecule has 11 nitrogen and oxygen atoms in total. The predicted molar refractivity (Wildman–Crippen MR) is 180 cm³/mol. The SMILES string of the molecule is CC/C=C\C/C=C\C/C=C\C/C=C\C/C=C\CCCCCC(=O)OC(COC(=O)CCCCC)COP(=O)(O)OCC(N)C(=O)O. The number of hydrogen-bond acceptors (Lipinski definition) is 9. The first-order valence-corrected chi connectivity index (χ1v) is 17.8. The second kappa shape index (κ2) is 29.6. The van der Waals surface area contributed by atoms with Gasteiger partial charge in [-0.2, -0.15) is 0 Å². The molecule has 0 aliphatic rings. The lowest BCUT2D eigenvalue weighted by molar-refractivity contribution is -0.161. The van der Waals surface area contributed by atoms with Crippen LogP contribution in [0.15, 0.2) is 60.8 Å². The number of hydrogen-bond donors (Lipinski definition) is 3. The summed E-state index contributed by atoms with van der Waals surface area (Å²) in [5, 5.41) is 8.79. The van der Waals surface area contributed by atoms with E-state index in [0.29, 0.717) is 12.8 Å². The summed E-state index contributed by atoms with van der Waals surface area (Å²) in [5.41, 5.74) is 5.27. The fourth-order valence-corrected chi connectivity index (χ4v) is 4.45. The number of ether oxygens (including phenoxy) is 2. The van der Waals surface area contributed by atoms with Gasteiger partial charge in [-0.1, -0.05) is 93.9 Å². The van der Waals surface area contributed by atoms with E-state index in [-0.39, 0.29) is 19.4 Å². The maximum Gasteiger partial charge on any atom is 0.472 e. The smallest absolute Gasteiger partial charge is 0.472 e. The predicted octanol–water partition coefficient (Wildman–Crippen LogP) is 7.27.